The molecule has 0 heterocycles. The maximum absolute atomic E-state index is 13.0. The predicted octanol–water partition coefficient (Wildman–Crippen LogP) is 19.8. The van der Waals surface area contributed by atoms with E-state index in [4.69, 9.17) is 18.0 Å². The van der Waals surface area contributed by atoms with Crippen LogP contribution in [-0.4, -0.2) is 22.6 Å². The molecule has 0 N–H and O–H groups in total. The van der Waals surface area contributed by atoms with Crippen molar-refractivity contribution < 1.29 is 19.2 Å². The van der Waals surface area contributed by atoms with E-state index in [1.54, 1.807) is 48.5 Å². The molecule has 0 spiro atoms. The summed E-state index contributed by atoms with van der Waals surface area (Å²) >= 11 is 5.16. The molecule has 1 aliphatic rings. The van der Waals surface area contributed by atoms with Gasteiger partial charge in [-0.1, -0.05) is 291 Å². The molecule has 6 heteroatoms. The molecule has 4 nitrogen and oxygen atoms in total. The lowest BCUT2D eigenvalue weighted by Crippen LogP contribution is -2.06. The number of ketones is 3. The minimum Gasteiger partial charge on any atom is -0.289 e. The normalized spacial score (nSPS) is 10.7. The molecule has 0 saturated carbocycles. The SMILES string of the molecule is C#CCCC/C=C/c1ccccc1.O=C(C#CCCC/C=C/c1ccccc1)c1ccccc1.O=C(C#CCCC/C=C/c1ccccc1)c1ccccc1.O=C(Cl)c1ccccc1.O=C(c1ccccc1)c1c2c(cc3ccccc13)CCC2.S. The fourth-order valence-electron chi connectivity index (χ4n) is 8.87. The molecule has 0 fully saturated rings. The van der Waals surface area contributed by atoms with Gasteiger partial charge in [-0.05, 0) is 120 Å². The average molecular weight is 1170 g/mol. The maximum Gasteiger partial charge on any atom is 0.252 e. The fraction of sp³-hybridized carbons (Fsp3) is 0.150. The van der Waals surface area contributed by atoms with Gasteiger partial charge in [0.2, 0.25) is 11.6 Å². The largest absolute Gasteiger partial charge is 0.289 e. The molecule has 0 radical (unpaired) electrons. The van der Waals surface area contributed by atoms with Crippen LogP contribution < -0.4 is 0 Å². The molecule has 430 valence electrons. The number of hydrogen-bond acceptors (Lipinski definition) is 4. The van der Waals surface area contributed by atoms with E-state index in [0.717, 1.165) is 93.6 Å². The van der Waals surface area contributed by atoms with Gasteiger partial charge in [-0.15, -0.1) is 12.3 Å². The lowest BCUT2D eigenvalue weighted by Gasteiger charge is -2.12. The maximum atomic E-state index is 13.0. The summed E-state index contributed by atoms with van der Waals surface area (Å²) in [4.78, 5) is 46.9. The van der Waals surface area contributed by atoms with Gasteiger partial charge in [0.15, 0.2) is 5.78 Å². The van der Waals surface area contributed by atoms with Crippen LogP contribution in [0.15, 0.2) is 261 Å². The van der Waals surface area contributed by atoms with Crippen molar-refractivity contribution in [2.45, 2.75) is 77.0 Å². The minimum atomic E-state index is -0.407. The first-order valence-electron chi connectivity index (χ1n) is 28.9. The van der Waals surface area contributed by atoms with Gasteiger partial charge in [0.1, 0.15) is 0 Å². The van der Waals surface area contributed by atoms with Gasteiger partial charge in [0, 0.05) is 47.1 Å². The number of terminal acetylenes is 1. The van der Waals surface area contributed by atoms with Crippen LogP contribution in [0.25, 0.3) is 29.0 Å². The lowest BCUT2D eigenvalue weighted by atomic mass is 9.90. The quantitative estimate of drug-likeness (QED) is 0.0300. The molecule has 9 aromatic carbocycles. The Labute approximate surface area is 522 Å². The molecule has 0 unspecified atom stereocenters. The van der Waals surface area contributed by atoms with Crippen LogP contribution in [0.2, 0.25) is 0 Å². The standard InChI is InChI=1S/C20H16O.2C20H18O.C13H14.C7H5ClO.H2S/c21-20(14-7-2-1-3-8-14)19-17-11-5-4-9-15(17)13-16-10-6-12-18(16)19;2*21-20(19-15-9-5-10-16-19)17-11-3-1-2-6-12-18-13-7-4-8-14-18;1-2-3-4-5-7-10-13-11-8-6-9-12-13;8-7(9)6-4-2-1-3-5-6;/h1-5,7-9,11,13H,6,10,12H2;2*4-10,12-16H,1-3H2;1,6-12H,3-5H2;1-5H;1H2/b;2*12-6+;10-7+;;. The second-order valence-corrected chi connectivity index (χ2v) is 20.0. The van der Waals surface area contributed by atoms with Crippen LogP contribution in [0.4, 0.5) is 0 Å². The van der Waals surface area contributed by atoms with Gasteiger partial charge in [-0.2, -0.15) is 13.5 Å². The molecular weight excluding hydrogens is 1090 g/mol. The third kappa shape index (κ3) is 25.1. The molecule has 0 bridgehead atoms. The molecule has 0 atom stereocenters. The fourth-order valence-corrected chi connectivity index (χ4v) is 9.00. The van der Waals surface area contributed by atoms with Gasteiger partial charge in [-0.3, -0.25) is 19.2 Å². The van der Waals surface area contributed by atoms with Crippen LogP contribution >= 0.6 is 25.1 Å². The number of unbranched alkanes of at least 4 members (excludes halogenated alkanes) is 6. The highest BCUT2D eigenvalue weighted by Crippen LogP contribution is 2.33. The highest BCUT2D eigenvalue weighted by molar-refractivity contribution is 7.59. The van der Waals surface area contributed by atoms with E-state index >= 15 is 0 Å². The summed E-state index contributed by atoms with van der Waals surface area (Å²) in [5, 5.41) is 1.86. The van der Waals surface area contributed by atoms with Crippen molar-refractivity contribution in [2.24, 2.45) is 0 Å². The molecule has 1 aliphatic carbocycles. The predicted molar refractivity (Wildman–Crippen MR) is 367 cm³/mol. The minimum absolute atomic E-state index is 0. The molecular formula is C80H73ClO4S. The molecule has 0 aliphatic heterocycles. The van der Waals surface area contributed by atoms with Gasteiger partial charge in [0.05, 0.1) is 0 Å². The van der Waals surface area contributed by atoms with E-state index in [0.29, 0.717) is 16.7 Å². The topological polar surface area (TPSA) is 68.3 Å². The van der Waals surface area contributed by atoms with E-state index in [1.807, 2.05) is 140 Å². The van der Waals surface area contributed by atoms with E-state index in [9.17, 15) is 19.2 Å². The Kier molecular flexibility index (Phi) is 31.8. The Bertz CT molecular complexity index is 3610. The number of rotatable bonds is 17. The Morgan fingerprint density at radius 1 is 0.430 bits per heavy atom. The first-order valence-corrected chi connectivity index (χ1v) is 29.3. The molecule has 0 saturated heterocycles. The highest BCUT2D eigenvalue weighted by atomic mass is 35.5. The van der Waals surface area contributed by atoms with Crippen LogP contribution in [0.5, 0.6) is 0 Å². The summed E-state index contributed by atoms with van der Waals surface area (Å²) in [6.07, 6.45) is 29.7. The van der Waals surface area contributed by atoms with Crippen molar-refractivity contribution in [2.75, 3.05) is 0 Å². The first-order chi connectivity index (χ1) is 41.8. The van der Waals surface area contributed by atoms with E-state index in [2.05, 4.69) is 121 Å². The summed E-state index contributed by atoms with van der Waals surface area (Å²) in [5.41, 5.74) is 9.86. The zero-order valence-corrected chi connectivity index (χ0v) is 50.4. The van der Waals surface area contributed by atoms with Crippen molar-refractivity contribution in [1.29, 1.82) is 0 Å². The van der Waals surface area contributed by atoms with Gasteiger partial charge in [-0.25, -0.2) is 0 Å². The number of hydrogen-bond donors (Lipinski definition) is 0. The second kappa shape index (κ2) is 40.6. The molecule has 0 aromatic heterocycles. The molecule has 10 rings (SSSR count). The van der Waals surface area contributed by atoms with Crippen molar-refractivity contribution in [1.82, 2.24) is 0 Å². The zero-order chi connectivity index (χ0) is 59.8. The Hall–Kier alpha value is -9.54. The Morgan fingerprint density at radius 2 is 0.791 bits per heavy atom. The summed E-state index contributed by atoms with van der Waals surface area (Å²) < 4.78 is 0. The number of carbonyl (C=O) groups is 4. The lowest BCUT2D eigenvalue weighted by molar-refractivity contribution is 0.103. The van der Waals surface area contributed by atoms with E-state index in [-0.39, 0.29) is 30.8 Å². The highest BCUT2D eigenvalue weighted by Gasteiger charge is 2.23. The van der Waals surface area contributed by atoms with Crippen LogP contribution in [0.1, 0.15) is 139 Å². The zero-order valence-electron chi connectivity index (χ0n) is 48.6. The third-order valence-corrected chi connectivity index (χ3v) is 13.4. The number of Topliss-reactive ketones (excluding diaryl/α,β-unsaturated/α-hetero) is 2. The number of fused-ring (bicyclic) bond motifs is 2. The first kappa shape index (κ1) is 67.3. The Balaban J connectivity index is 0.000000201. The Morgan fingerprint density at radius 3 is 1.19 bits per heavy atom. The smallest absolute Gasteiger partial charge is 0.252 e. The van der Waals surface area contributed by atoms with Crippen LogP contribution in [0, 0.1) is 36.0 Å². The van der Waals surface area contributed by atoms with E-state index < -0.39 is 5.24 Å². The van der Waals surface area contributed by atoms with Crippen LogP contribution in [-0.2, 0) is 12.8 Å². The monoisotopic (exact) mass is 1160 g/mol. The third-order valence-electron chi connectivity index (χ3n) is 13.2. The van der Waals surface area contributed by atoms with Gasteiger partial charge in [0.25, 0.3) is 5.24 Å². The number of halogens is 1. The number of aryl methyl sites for hydroxylation is 1. The second-order valence-electron chi connectivity index (χ2n) is 19.6. The average Bonchev–Trinajstić information content (AvgIpc) is 2.16. The van der Waals surface area contributed by atoms with E-state index in [1.165, 1.54) is 33.2 Å². The van der Waals surface area contributed by atoms with Crippen molar-refractivity contribution in [3.05, 3.63) is 317 Å². The van der Waals surface area contributed by atoms with Crippen LogP contribution in [0.3, 0.4) is 0 Å². The van der Waals surface area contributed by atoms with Crippen molar-refractivity contribution in [3.8, 4) is 36.0 Å². The van der Waals surface area contributed by atoms with Crippen molar-refractivity contribution >= 4 is 76.7 Å². The summed E-state index contributed by atoms with van der Waals surface area (Å²) in [6, 6.07) is 78.0. The summed E-state index contributed by atoms with van der Waals surface area (Å²) in [5.74, 6) is 13.9. The number of allylic oxidation sites excluding steroid dienone is 3. The van der Waals surface area contributed by atoms with Crippen molar-refractivity contribution in [3.63, 3.8) is 0 Å². The number of carbonyl (C=O) groups excluding carboxylic acids is 4. The van der Waals surface area contributed by atoms with Gasteiger partial charge >= 0.3 is 0 Å². The van der Waals surface area contributed by atoms with Gasteiger partial charge < -0.3 is 0 Å². The summed E-state index contributed by atoms with van der Waals surface area (Å²) in [6.45, 7) is 0. The number of benzene rings is 9. The molecule has 9 aromatic rings. The summed E-state index contributed by atoms with van der Waals surface area (Å²) in [7, 11) is 0. The molecule has 0 amide bonds. The molecule has 86 heavy (non-hydrogen) atoms.